The van der Waals surface area contributed by atoms with Gasteiger partial charge in [-0.15, -0.1) is 0 Å². The van der Waals surface area contributed by atoms with Gasteiger partial charge in [0.15, 0.2) is 11.5 Å². The molecule has 1 aromatic heterocycles. The number of pyridine rings is 1. The first-order valence-electron chi connectivity index (χ1n) is 6.22. The summed E-state index contributed by atoms with van der Waals surface area (Å²) >= 11 is 7.35. The van der Waals surface area contributed by atoms with E-state index in [1.807, 2.05) is 18.2 Å². The monoisotopic (exact) mass is 308 g/mol. The van der Waals surface area contributed by atoms with E-state index in [4.69, 9.17) is 26.8 Å². The number of hydrogen-bond donors (Lipinski definition) is 1. The third-order valence-electron chi connectivity index (χ3n) is 2.79. The summed E-state index contributed by atoms with van der Waals surface area (Å²) in [6, 6.07) is 9.23. The number of nitrogen functional groups attached to an aromatic ring is 1. The predicted molar refractivity (Wildman–Crippen MR) is 79.8 cm³/mol. The second-order valence-corrected chi connectivity index (χ2v) is 5.74. The Kier molecular flexibility index (Phi) is 3.89. The molecule has 0 fully saturated rings. The topological polar surface area (TPSA) is 57.4 Å². The van der Waals surface area contributed by atoms with Gasteiger partial charge in [0.05, 0.1) is 18.9 Å². The molecule has 1 aliphatic heterocycles. The molecule has 104 valence electrons. The molecule has 20 heavy (non-hydrogen) atoms. The number of nitrogens with zero attached hydrogens (tertiary/aromatic N) is 1. The van der Waals surface area contributed by atoms with Crippen molar-refractivity contribution < 1.29 is 9.47 Å². The van der Waals surface area contributed by atoms with Crippen molar-refractivity contribution in [3.05, 3.63) is 35.5 Å². The normalized spacial score (nSPS) is 13.8. The van der Waals surface area contributed by atoms with Gasteiger partial charge in [0.25, 0.3) is 0 Å². The van der Waals surface area contributed by atoms with Gasteiger partial charge in [-0.3, -0.25) is 0 Å². The van der Waals surface area contributed by atoms with Gasteiger partial charge in [-0.1, -0.05) is 23.4 Å². The second kappa shape index (κ2) is 5.81. The SMILES string of the molecule is Nc1ccc(Cl)nc1Sc1ccc2c(c1)OCCCO2. The van der Waals surface area contributed by atoms with Gasteiger partial charge in [-0.2, -0.15) is 0 Å². The van der Waals surface area contributed by atoms with Crippen LogP contribution in [0.5, 0.6) is 11.5 Å². The zero-order valence-electron chi connectivity index (χ0n) is 10.6. The molecule has 2 heterocycles. The van der Waals surface area contributed by atoms with E-state index in [-0.39, 0.29) is 0 Å². The number of fused-ring (bicyclic) bond motifs is 1. The summed E-state index contributed by atoms with van der Waals surface area (Å²) < 4.78 is 11.3. The van der Waals surface area contributed by atoms with Crippen molar-refractivity contribution in [3.63, 3.8) is 0 Å². The van der Waals surface area contributed by atoms with E-state index in [0.717, 1.165) is 22.8 Å². The first-order chi connectivity index (χ1) is 9.72. The molecule has 0 unspecified atom stereocenters. The Morgan fingerprint density at radius 1 is 1.10 bits per heavy atom. The lowest BCUT2D eigenvalue weighted by atomic mass is 10.3. The van der Waals surface area contributed by atoms with E-state index in [9.17, 15) is 0 Å². The number of anilines is 1. The van der Waals surface area contributed by atoms with Crippen LogP contribution in [0.3, 0.4) is 0 Å². The Hall–Kier alpha value is -1.59. The molecule has 0 amide bonds. The van der Waals surface area contributed by atoms with Crippen LogP contribution in [0.15, 0.2) is 40.3 Å². The third kappa shape index (κ3) is 2.94. The third-order valence-corrected chi connectivity index (χ3v) is 4.01. The molecular weight excluding hydrogens is 296 g/mol. The minimum absolute atomic E-state index is 0.427. The molecule has 0 saturated heterocycles. The van der Waals surface area contributed by atoms with Gasteiger partial charge in [0, 0.05) is 11.3 Å². The summed E-state index contributed by atoms with van der Waals surface area (Å²) in [5.74, 6) is 1.53. The lowest BCUT2D eigenvalue weighted by Gasteiger charge is -2.09. The molecule has 0 bridgehead atoms. The van der Waals surface area contributed by atoms with Crippen LogP contribution in [0.2, 0.25) is 5.15 Å². The molecule has 0 radical (unpaired) electrons. The Balaban J connectivity index is 1.87. The van der Waals surface area contributed by atoms with E-state index in [1.54, 1.807) is 12.1 Å². The van der Waals surface area contributed by atoms with E-state index in [2.05, 4.69) is 4.98 Å². The first kappa shape index (κ1) is 13.4. The highest BCUT2D eigenvalue weighted by Crippen LogP contribution is 2.37. The fraction of sp³-hybridized carbons (Fsp3) is 0.214. The summed E-state index contributed by atoms with van der Waals surface area (Å²) in [6.07, 6.45) is 0.889. The van der Waals surface area contributed by atoms with Crippen molar-refractivity contribution in [2.45, 2.75) is 16.3 Å². The quantitative estimate of drug-likeness (QED) is 0.859. The molecule has 1 aromatic carbocycles. The minimum atomic E-state index is 0.427. The molecule has 2 N–H and O–H groups in total. The molecule has 3 rings (SSSR count). The Labute approximate surface area is 126 Å². The van der Waals surface area contributed by atoms with Crippen LogP contribution in [0.1, 0.15) is 6.42 Å². The average molecular weight is 309 g/mol. The van der Waals surface area contributed by atoms with Crippen LogP contribution in [0.4, 0.5) is 5.69 Å². The van der Waals surface area contributed by atoms with Gasteiger partial charge < -0.3 is 15.2 Å². The molecule has 0 aliphatic carbocycles. The van der Waals surface area contributed by atoms with Crippen LogP contribution in [-0.2, 0) is 0 Å². The Morgan fingerprint density at radius 2 is 1.90 bits per heavy atom. The summed E-state index contributed by atoms with van der Waals surface area (Å²) in [6.45, 7) is 1.35. The first-order valence-corrected chi connectivity index (χ1v) is 7.41. The maximum atomic E-state index is 5.90. The van der Waals surface area contributed by atoms with Crippen molar-refractivity contribution in [1.29, 1.82) is 0 Å². The minimum Gasteiger partial charge on any atom is -0.490 e. The largest absolute Gasteiger partial charge is 0.490 e. The number of rotatable bonds is 2. The van der Waals surface area contributed by atoms with Crippen LogP contribution >= 0.6 is 23.4 Å². The summed E-state index contributed by atoms with van der Waals surface area (Å²) in [7, 11) is 0. The zero-order valence-corrected chi connectivity index (χ0v) is 12.2. The van der Waals surface area contributed by atoms with Crippen LogP contribution in [0, 0.1) is 0 Å². The van der Waals surface area contributed by atoms with E-state index >= 15 is 0 Å². The predicted octanol–water partition coefficient (Wildman–Crippen LogP) is 3.63. The standard InChI is InChI=1S/C14H13ClN2O2S/c15-13-5-3-10(16)14(17-13)20-9-2-4-11-12(8-9)19-7-1-6-18-11/h2-5,8H,1,6-7,16H2. The van der Waals surface area contributed by atoms with Gasteiger partial charge in [0.1, 0.15) is 10.2 Å². The fourth-order valence-electron chi connectivity index (χ4n) is 1.83. The highest BCUT2D eigenvalue weighted by molar-refractivity contribution is 7.99. The van der Waals surface area contributed by atoms with Crippen LogP contribution in [-0.4, -0.2) is 18.2 Å². The second-order valence-electron chi connectivity index (χ2n) is 4.29. The Bertz CT molecular complexity index is 637. The molecule has 1 aliphatic rings. The maximum Gasteiger partial charge on any atom is 0.162 e. The molecule has 2 aromatic rings. The van der Waals surface area contributed by atoms with Gasteiger partial charge >= 0.3 is 0 Å². The van der Waals surface area contributed by atoms with Gasteiger partial charge in [-0.25, -0.2) is 4.98 Å². The zero-order chi connectivity index (χ0) is 13.9. The molecule has 6 heteroatoms. The number of aromatic nitrogens is 1. The molecule has 0 saturated carbocycles. The number of hydrogen-bond acceptors (Lipinski definition) is 5. The van der Waals surface area contributed by atoms with Crippen molar-refractivity contribution in [3.8, 4) is 11.5 Å². The average Bonchev–Trinajstić information content (AvgIpc) is 2.67. The van der Waals surface area contributed by atoms with E-state index in [0.29, 0.717) is 29.1 Å². The Morgan fingerprint density at radius 3 is 2.75 bits per heavy atom. The molecule has 0 spiro atoms. The number of ether oxygens (including phenoxy) is 2. The molecule has 4 nitrogen and oxygen atoms in total. The van der Waals surface area contributed by atoms with E-state index in [1.165, 1.54) is 11.8 Å². The number of benzene rings is 1. The van der Waals surface area contributed by atoms with Crippen molar-refractivity contribution in [2.75, 3.05) is 18.9 Å². The lowest BCUT2D eigenvalue weighted by Crippen LogP contribution is -1.97. The van der Waals surface area contributed by atoms with Gasteiger partial charge in [0.2, 0.25) is 0 Å². The number of halogens is 1. The van der Waals surface area contributed by atoms with Gasteiger partial charge in [-0.05, 0) is 30.3 Å². The van der Waals surface area contributed by atoms with Crippen molar-refractivity contribution >= 4 is 29.1 Å². The smallest absolute Gasteiger partial charge is 0.162 e. The van der Waals surface area contributed by atoms with Crippen LogP contribution < -0.4 is 15.2 Å². The van der Waals surface area contributed by atoms with Crippen molar-refractivity contribution in [1.82, 2.24) is 4.98 Å². The molecular formula is C14H13ClN2O2S. The lowest BCUT2D eigenvalue weighted by molar-refractivity contribution is 0.297. The highest BCUT2D eigenvalue weighted by Gasteiger charge is 2.12. The van der Waals surface area contributed by atoms with Crippen molar-refractivity contribution in [2.24, 2.45) is 0 Å². The summed E-state index contributed by atoms with van der Waals surface area (Å²) in [5.41, 5.74) is 6.51. The van der Waals surface area contributed by atoms with E-state index < -0.39 is 0 Å². The highest BCUT2D eigenvalue weighted by atomic mass is 35.5. The maximum absolute atomic E-state index is 5.90. The summed E-state index contributed by atoms with van der Waals surface area (Å²) in [4.78, 5) is 5.21. The fourth-order valence-corrected chi connectivity index (χ4v) is 2.88. The summed E-state index contributed by atoms with van der Waals surface area (Å²) in [5, 5.41) is 1.11. The van der Waals surface area contributed by atoms with Crippen LogP contribution in [0.25, 0.3) is 0 Å². The molecule has 0 atom stereocenters. The number of nitrogens with two attached hydrogens (primary N) is 1.